The van der Waals surface area contributed by atoms with E-state index in [0.29, 0.717) is 11.5 Å². The Morgan fingerprint density at radius 3 is 2.93 bits per heavy atom. The average molecular weight is 203 g/mol. The summed E-state index contributed by atoms with van der Waals surface area (Å²) in [5, 5.41) is 4.16. The van der Waals surface area contributed by atoms with Crippen molar-refractivity contribution in [1.29, 1.82) is 0 Å². The SMILES string of the molecule is Fc1ccc(-n2cc3[nH]cnc3n2)nc1. The van der Waals surface area contributed by atoms with E-state index in [-0.39, 0.29) is 5.82 Å². The van der Waals surface area contributed by atoms with Gasteiger partial charge in [0.05, 0.1) is 18.7 Å². The Morgan fingerprint density at radius 1 is 1.27 bits per heavy atom. The Labute approximate surface area is 83.6 Å². The van der Waals surface area contributed by atoms with Crippen molar-refractivity contribution in [3.8, 4) is 5.82 Å². The summed E-state index contributed by atoms with van der Waals surface area (Å²) in [4.78, 5) is 10.8. The van der Waals surface area contributed by atoms with Gasteiger partial charge in [0.2, 0.25) is 0 Å². The molecule has 74 valence electrons. The van der Waals surface area contributed by atoms with Crippen molar-refractivity contribution in [3.05, 3.63) is 36.7 Å². The van der Waals surface area contributed by atoms with E-state index in [1.165, 1.54) is 6.07 Å². The summed E-state index contributed by atoms with van der Waals surface area (Å²) in [5.41, 5.74) is 1.43. The fourth-order valence-electron chi connectivity index (χ4n) is 1.35. The zero-order valence-electron chi connectivity index (χ0n) is 7.55. The normalized spacial score (nSPS) is 11.0. The molecule has 0 saturated heterocycles. The Morgan fingerprint density at radius 2 is 2.20 bits per heavy atom. The lowest BCUT2D eigenvalue weighted by molar-refractivity contribution is 0.619. The molecule has 0 aromatic carbocycles. The number of imidazole rings is 1. The predicted octanol–water partition coefficient (Wildman–Crippen LogP) is 1.28. The van der Waals surface area contributed by atoms with Crippen LogP contribution in [0.15, 0.2) is 30.9 Å². The first-order valence-electron chi connectivity index (χ1n) is 4.33. The molecule has 0 fully saturated rings. The van der Waals surface area contributed by atoms with Crippen molar-refractivity contribution in [2.24, 2.45) is 0 Å². The van der Waals surface area contributed by atoms with Gasteiger partial charge >= 0.3 is 0 Å². The number of H-pyrrole nitrogens is 1. The van der Waals surface area contributed by atoms with Crippen LogP contribution in [0.1, 0.15) is 0 Å². The van der Waals surface area contributed by atoms with Gasteiger partial charge in [-0.1, -0.05) is 0 Å². The van der Waals surface area contributed by atoms with Crippen molar-refractivity contribution in [3.63, 3.8) is 0 Å². The topological polar surface area (TPSA) is 59.4 Å². The number of nitrogens with one attached hydrogen (secondary N) is 1. The van der Waals surface area contributed by atoms with Crippen LogP contribution in [-0.4, -0.2) is 24.7 Å². The van der Waals surface area contributed by atoms with Gasteiger partial charge in [-0.3, -0.25) is 0 Å². The van der Waals surface area contributed by atoms with Crippen molar-refractivity contribution in [2.45, 2.75) is 0 Å². The zero-order chi connectivity index (χ0) is 10.3. The van der Waals surface area contributed by atoms with Gasteiger partial charge in [0.15, 0.2) is 11.5 Å². The number of aromatic amines is 1. The van der Waals surface area contributed by atoms with E-state index in [9.17, 15) is 4.39 Å². The molecule has 0 aliphatic carbocycles. The molecule has 0 saturated carbocycles. The molecule has 3 aromatic heterocycles. The van der Waals surface area contributed by atoms with Crippen molar-refractivity contribution >= 4 is 11.2 Å². The second-order valence-corrected chi connectivity index (χ2v) is 3.05. The van der Waals surface area contributed by atoms with E-state index in [4.69, 9.17) is 0 Å². The molecule has 0 aliphatic heterocycles. The maximum Gasteiger partial charge on any atom is 0.199 e. The predicted molar refractivity (Wildman–Crippen MR) is 51.0 cm³/mol. The van der Waals surface area contributed by atoms with Gasteiger partial charge in [-0.15, -0.1) is 5.10 Å². The third-order valence-corrected chi connectivity index (χ3v) is 2.05. The molecule has 3 heterocycles. The van der Waals surface area contributed by atoms with Crippen LogP contribution in [-0.2, 0) is 0 Å². The fraction of sp³-hybridized carbons (Fsp3) is 0. The number of rotatable bonds is 1. The Kier molecular flexibility index (Phi) is 1.55. The molecule has 3 aromatic rings. The lowest BCUT2D eigenvalue weighted by Crippen LogP contribution is -1.97. The maximum atomic E-state index is 12.6. The molecule has 1 N–H and O–H groups in total. The molecule has 0 unspecified atom stereocenters. The van der Waals surface area contributed by atoms with Crippen LogP contribution in [0.4, 0.5) is 4.39 Å². The number of aromatic nitrogens is 5. The molecule has 6 heteroatoms. The minimum absolute atomic E-state index is 0.366. The number of hydrogen-bond acceptors (Lipinski definition) is 3. The van der Waals surface area contributed by atoms with E-state index in [1.807, 2.05) is 0 Å². The third-order valence-electron chi connectivity index (χ3n) is 2.05. The largest absolute Gasteiger partial charge is 0.342 e. The highest BCUT2D eigenvalue weighted by Crippen LogP contribution is 2.10. The van der Waals surface area contributed by atoms with E-state index in [0.717, 1.165) is 11.7 Å². The van der Waals surface area contributed by atoms with Crippen LogP contribution in [0.2, 0.25) is 0 Å². The van der Waals surface area contributed by atoms with Gasteiger partial charge < -0.3 is 4.98 Å². The first-order valence-corrected chi connectivity index (χ1v) is 4.33. The van der Waals surface area contributed by atoms with E-state index in [1.54, 1.807) is 23.3 Å². The molecule has 5 nitrogen and oxygen atoms in total. The molecular formula is C9H6FN5. The third kappa shape index (κ3) is 1.26. The highest BCUT2D eigenvalue weighted by Gasteiger charge is 2.04. The first-order chi connectivity index (χ1) is 7.33. The summed E-state index contributed by atoms with van der Waals surface area (Å²) in [7, 11) is 0. The van der Waals surface area contributed by atoms with Crippen LogP contribution >= 0.6 is 0 Å². The lowest BCUT2D eigenvalue weighted by Gasteiger charge is -1.97. The van der Waals surface area contributed by atoms with Gasteiger partial charge in [0.1, 0.15) is 11.3 Å². The summed E-state index contributed by atoms with van der Waals surface area (Å²) in [6, 6.07) is 2.90. The summed E-state index contributed by atoms with van der Waals surface area (Å²) >= 11 is 0. The molecule has 0 atom stereocenters. The van der Waals surface area contributed by atoms with Crippen molar-refractivity contribution < 1.29 is 4.39 Å². The van der Waals surface area contributed by atoms with E-state index >= 15 is 0 Å². The summed E-state index contributed by atoms with van der Waals surface area (Å²) in [6.45, 7) is 0. The summed E-state index contributed by atoms with van der Waals surface area (Å²) in [5.74, 6) is 0.192. The number of hydrogen-bond donors (Lipinski definition) is 1. The second-order valence-electron chi connectivity index (χ2n) is 3.05. The highest BCUT2D eigenvalue weighted by molar-refractivity contribution is 5.69. The van der Waals surface area contributed by atoms with E-state index < -0.39 is 0 Å². The monoisotopic (exact) mass is 203 g/mol. The molecule has 0 bridgehead atoms. The average Bonchev–Trinajstić information content (AvgIpc) is 2.78. The molecule has 15 heavy (non-hydrogen) atoms. The van der Waals surface area contributed by atoms with Crippen LogP contribution in [0.25, 0.3) is 17.0 Å². The van der Waals surface area contributed by atoms with Gasteiger partial charge in [-0.2, -0.15) is 0 Å². The number of pyridine rings is 1. The lowest BCUT2D eigenvalue weighted by atomic mass is 10.4. The number of fused-ring (bicyclic) bond motifs is 1. The first kappa shape index (κ1) is 8.10. The van der Waals surface area contributed by atoms with Crippen molar-refractivity contribution in [2.75, 3.05) is 0 Å². The summed E-state index contributed by atoms with van der Waals surface area (Å²) in [6.07, 6.45) is 4.47. The van der Waals surface area contributed by atoms with Gasteiger partial charge in [-0.25, -0.2) is 19.0 Å². The standard InChI is InChI=1S/C9H6FN5/c10-6-1-2-8(11-3-6)15-4-7-9(14-15)13-5-12-7/h1-5H,(H,12,13,14). The molecule has 0 spiro atoms. The zero-order valence-corrected chi connectivity index (χ0v) is 7.55. The van der Waals surface area contributed by atoms with E-state index in [2.05, 4.69) is 20.1 Å². The minimum Gasteiger partial charge on any atom is -0.342 e. The number of nitrogens with zero attached hydrogens (tertiary/aromatic N) is 4. The van der Waals surface area contributed by atoms with Gasteiger partial charge in [-0.05, 0) is 12.1 Å². The minimum atomic E-state index is -0.366. The summed E-state index contributed by atoms with van der Waals surface area (Å²) < 4.78 is 14.2. The molecule has 0 amide bonds. The molecular weight excluding hydrogens is 197 g/mol. The van der Waals surface area contributed by atoms with Gasteiger partial charge in [0.25, 0.3) is 0 Å². The van der Waals surface area contributed by atoms with Crippen LogP contribution in [0.3, 0.4) is 0 Å². The van der Waals surface area contributed by atoms with Crippen LogP contribution < -0.4 is 0 Å². The molecule has 0 radical (unpaired) electrons. The Balaban J connectivity index is 2.13. The second kappa shape index (κ2) is 2.88. The fourth-order valence-corrected chi connectivity index (χ4v) is 1.35. The Hall–Kier alpha value is -2.24. The maximum absolute atomic E-state index is 12.6. The number of halogens is 1. The quantitative estimate of drug-likeness (QED) is 0.648. The molecule has 3 rings (SSSR count). The highest BCUT2D eigenvalue weighted by atomic mass is 19.1. The smallest absolute Gasteiger partial charge is 0.199 e. The van der Waals surface area contributed by atoms with Crippen molar-refractivity contribution in [1.82, 2.24) is 24.7 Å². The molecule has 0 aliphatic rings. The van der Waals surface area contributed by atoms with Crippen LogP contribution in [0, 0.1) is 5.82 Å². The van der Waals surface area contributed by atoms with Crippen LogP contribution in [0.5, 0.6) is 0 Å². The Bertz CT molecular complexity index is 566. The van der Waals surface area contributed by atoms with Gasteiger partial charge in [0, 0.05) is 0 Å².